The summed E-state index contributed by atoms with van der Waals surface area (Å²) in [6.07, 6.45) is 6.54. The van der Waals surface area contributed by atoms with Crippen LogP contribution in [0.5, 0.6) is 5.88 Å². The van der Waals surface area contributed by atoms with E-state index in [1.807, 2.05) is 0 Å². The Labute approximate surface area is 231 Å². The van der Waals surface area contributed by atoms with E-state index in [0.29, 0.717) is 0 Å². The molecule has 1 atom stereocenters. The van der Waals surface area contributed by atoms with Gasteiger partial charge in [-0.25, -0.2) is 4.98 Å². The van der Waals surface area contributed by atoms with Gasteiger partial charge in [0, 0.05) is 38.4 Å². The first-order chi connectivity index (χ1) is 18.3. The molecule has 3 aromatic rings. The van der Waals surface area contributed by atoms with E-state index in [9.17, 15) is 0 Å². The Bertz CT molecular complexity index is 1260. The van der Waals surface area contributed by atoms with Crippen molar-refractivity contribution in [1.29, 1.82) is 0 Å². The maximum absolute atomic E-state index is 6.13. The molecule has 0 N–H and O–H groups in total. The first-order valence-corrected chi connectivity index (χ1v) is 17.0. The number of hydrogen-bond donors (Lipinski definition) is 0. The summed E-state index contributed by atoms with van der Waals surface area (Å²) in [6.45, 7) is 16.6. The highest BCUT2D eigenvalue weighted by molar-refractivity contribution is 6.49. The van der Waals surface area contributed by atoms with Crippen LogP contribution in [0.1, 0.15) is 60.3 Å². The van der Waals surface area contributed by atoms with Crippen molar-refractivity contribution in [2.24, 2.45) is 0 Å². The van der Waals surface area contributed by atoms with Crippen molar-refractivity contribution < 1.29 is 4.43 Å². The monoisotopic (exact) mass is 525 g/mol. The SMILES string of the molecule is C[SiH](C)Oc1ccc2c(n1)CCc1ccc(C(C)(C)C)cc1C2N1CCN(CC=Cc2ccccc2)CC1. The summed E-state index contributed by atoms with van der Waals surface area (Å²) in [4.78, 5) is 10.3. The molecule has 0 saturated carbocycles. The molecule has 2 heterocycles. The molecule has 1 fully saturated rings. The van der Waals surface area contributed by atoms with E-state index < -0.39 is 9.04 Å². The van der Waals surface area contributed by atoms with E-state index in [0.717, 1.165) is 51.4 Å². The molecule has 0 amide bonds. The molecule has 38 heavy (non-hydrogen) atoms. The number of benzene rings is 2. The minimum absolute atomic E-state index is 0.121. The molecule has 0 spiro atoms. The summed E-state index contributed by atoms with van der Waals surface area (Å²) in [5, 5.41) is 0. The summed E-state index contributed by atoms with van der Waals surface area (Å²) < 4.78 is 6.13. The number of aryl methyl sites for hydroxylation is 2. The van der Waals surface area contributed by atoms with Gasteiger partial charge in [-0.3, -0.25) is 9.80 Å². The predicted octanol–water partition coefficient (Wildman–Crippen LogP) is 6.26. The zero-order valence-electron chi connectivity index (χ0n) is 23.8. The zero-order chi connectivity index (χ0) is 26.7. The molecule has 0 bridgehead atoms. The van der Waals surface area contributed by atoms with Gasteiger partial charge in [-0.1, -0.05) is 81.5 Å². The predicted molar refractivity (Wildman–Crippen MR) is 162 cm³/mol. The minimum atomic E-state index is -1.20. The number of nitrogens with zero attached hydrogens (tertiary/aromatic N) is 3. The second-order valence-corrected chi connectivity index (χ2v) is 14.4. The third kappa shape index (κ3) is 6.28. The molecule has 1 aliphatic heterocycles. The average Bonchev–Trinajstić information content (AvgIpc) is 3.05. The maximum atomic E-state index is 6.13. The lowest BCUT2D eigenvalue weighted by Gasteiger charge is -2.40. The highest BCUT2D eigenvalue weighted by Crippen LogP contribution is 2.39. The van der Waals surface area contributed by atoms with Crippen molar-refractivity contribution in [1.82, 2.24) is 14.8 Å². The lowest BCUT2D eigenvalue weighted by Crippen LogP contribution is -2.48. The van der Waals surface area contributed by atoms with Crippen LogP contribution < -0.4 is 4.43 Å². The highest BCUT2D eigenvalue weighted by Gasteiger charge is 2.32. The molecule has 2 aromatic carbocycles. The van der Waals surface area contributed by atoms with Crippen LogP contribution in [-0.2, 0) is 18.3 Å². The smallest absolute Gasteiger partial charge is 0.231 e. The molecule has 1 aliphatic carbocycles. The third-order valence-electron chi connectivity index (χ3n) is 7.82. The van der Waals surface area contributed by atoms with Crippen LogP contribution in [0.25, 0.3) is 6.08 Å². The molecule has 200 valence electrons. The van der Waals surface area contributed by atoms with E-state index in [2.05, 4.69) is 116 Å². The topological polar surface area (TPSA) is 28.6 Å². The summed E-state index contributed by atoms with van der Waals surface area (Å²) in [5.74, 6) is 0.806. The van der Waals surface area contributed by atoms with Crippen LogP contribution in [0.4, 0.5) is 0 Å². The number of piperazine rings is 1. The Morgan fingerprint density at radius 1 is 0.921 bits per heavy atom. The second-order valence-electron chi connectivity index (χ2n) is 12.1. The lowest BCUT2D eigenvalue weighted by atomic mass is 9.83. The lowest BCUT2D eigenvalue weighted by molar-refractivity contribution is 0.117. The van der Waals surface area contributed by atoms with Crippen LogP contribution in [-0.4, -0.2) is 56.5 Å². The van der Waals surface area contributed by atoms with Gasteiger partial charge in [0.15, 0.2) is 5.88 Å². The van der Waals surface area contributed by atoms with Crippen molar-refractivity contribution in [3.63, 3.8) is 0 Å². The van der Waals surface area contributed by atoms with Crippen molar-refractivity contribution in [2.45, 2.75) is 58.2 Å². The number of rotatable bonds is 6. The van der Waals surface area contributed by atoms with E-state index in [1.54, 1.807) is 0 Å². The maximum Gasteiger partial charge on any atom is 0.231 e. The Hall–Kier alpha value is -2.73. The fraction of sp³-hybridized carbons (Fsp3) is 0.424. The molecule has 2 aliphatic rings. The van der Waals surface area contributed by atoms with Crippen molar-refractivity contribution >= 4 is 15.1 Å². The standard InChI is InChI=1S/C33H43N3OSi/c1-33(2,3)27-15-13-26-14-17-30-28(16-18-31(34-30)37-38(4)5)32(29(26)24-27)36-22-20-35(21-23-36)19-9-12-25-10-7-6-8-11-25/h6-13,15-16,18,24,32,38H,14,17,19-23H2,1-5H3. The number of fused-ring (bicyclic) bond motifs is 2. The van der Waals surface area contributed by atoms with Crippen molar-refractivity contribution in [3.8, 4) is 5.88 Å². The molecule has 1 aromatic heterocycles. The summed E-state index contributed by atoms with van der Waals surface area (Å²) in [5.41, 5.74) is 8.32. The molecular formula is C33H43N3OSi. The Morgan fingerprint density at radius 2 is 1.68 bits per heavy atom. The van der Waals surface area contributed by atoms with Gasteiger partial charge < -0.3 is 4.43 Å². The number of pyridine rings is 1. The molecule has 1 saturated heterocycles. The fourth-order valence-electron chi connectivity index (χ4n) is 5.71. The minimum Gasteiger partial charge on any atom is -0.534 e. The van der Waals surface area contributed by atoms with Crippen LogP contribution in [0.2, 0.25) is 13.1 Å². The van der Waals surface area contributed by atoms with Gasteiger partial charge in [0.05, 0.1) is 6.04 Å². The molecular weight excluding hydrogens is 482 g/mol. The van der Waals surface area contributed by atoms with E-state index in [-0.39, 0.29) is 11.5 Å². The number of hydrogen-bond acceptors (Lipinski definition) is 4. The number of aromatic nitrogens is 1. The van der Waals surface area contributed by atoms with E-state index in [4.69, 9.17) is 9.41 Å². The Morgan fingerprint density at radius 3 is 2.39 bits per heavy atom. The molecule has 4 nitrogen and oxygen atoms in total. The fourth-order valence-corrected chi connectivity index (χ4v) is 6.33. The quantitative estimate of drug-likeness (QED) is 0.355. The third-order valence-corrected chi connectivity index (χ3v) is 8.53. The largest absolute Gasteiger partial charge is 0.534 e. The summed E-state index contributed by atoms with van der Waals surface area (Å²) >= 11 is 0. The molecule has 5 heteroatoms. The van der Waals surface area contributed by atoms with Gasteiger partial charge in [-0.2, -0.15) is 0 Å². The first kappa shape index (κ1) is 26.9. The highest BCUT2D eigenvalue weighted by atomic mass is 28.3. The van der Waals surface area contributed by atoms with Crippen LogP contribution in [0.15, 0.2) is 66.7 Å². The Balaban J connectivity index is 1.41. The van der Waals surface area contributed by atoms with Gasteiger partial charge in [-0.15, -0.1) is 0 Å². The zero-order valence-corrected chi connectivity index (χ0v) is 24.9. The van der Waals surface area contributed by atoms with Gasteiger partial charge >= 0.3 is 0 Å². The van der Waals surface area contributed by atoms with E-state index in [1.165, 1.54) is 33.5 Å². The van der Waals surface area contributed by atoms with Crippen LogP contribution in [0, 0.1) is 0 Å². The van der Waals surface area contributed by atoms with Gasteiger partial charge in [-0.05, 0) is 71.3 Å². The average molecular weight is 526 g/mol. The summed E-state index contributed by atoms with van der Waals surface area (Å²) in [6, 6.07) is 22.5. The molecule has 1 unspecified atom stereocenters. The van der Waals surface area contributed by atoms with Crippen molar-refractivity contribution in [2.75, 3.05) is 32.7 Å². The van der Waals surface area contributed by atoms with Crippen LogP contribution >= 0.6 is 0 Å². The van der Waals surface area contributed by atoms with Crippen LogP contribution in [0.3, 0.4) is 0 Å². The Kier molecular flexibility index (Phi) is 8.17. The first-order valence-electron chi connectivity index (χ1n) is 14.3. The summed E-state index contributed by atoms with van der Waals surface area (Å²) in [7, 11) is -1.20. The van der Waals surface area contributed by atoms with Gasteiger partial charge in [0.2, 0.25) is 9.04 Å². The second kappa shape index (κ2) is 11.6. The molecule has 5 rings (SSSR count). The van der Waals surface area contributed by atoms with E-state index >= 15 is 0 Å². The normalized spacial score (nSPS) is 18.8. The van der Waals surface area contributed by atoms with Crippen molar-refractivity contribution in [3.05, 3.63) is 100 Å². The molecule has 0 radical (unpaired) electrons. The van der Waals surface area contributed by atoms with Gasteiger partial charge in [0.25, 0.3) is 0 Å². The van der Waals surface area contributed by atoms with Gasteiger partial charge in [0.1, 0.15) is 0 Å².